The van der Waals surface area contributed by atoms with Gasteiger partial charge in [-0.2, -0.15) is 0 Å². The van der Waals surface area contributed by atoms with Crippen molar-refractivity contribution < 1.29 is 14.7 Å². The molecule has 0 atom stereocenters. The van der Waals surface area contributed by atoms with Crippen LogP contribution in [-0.2, 0) is 9.59 Å². The molecule has 0 amide bonds. The molecule has 1 N–H and O–H groups in total. The first-order valence-electron chi connectivity index (χ1n) is 3.12. The van der Waals surface area contributed by atoms with Gasteiger partial charge in [-0.3, -0.25) is 4.79 Å². The topological polar surface area (TPSA) is 54.4 Å². The van der Waals surface area contributed by atoms with E-state index < -0.39 is 11.8 Å². The summed E-state index contributed by atoms with van der Waals surface area (Å²) < 4.78 is 0. The number of carboxylic acids is 1. The predicted molar refractivity (Wildman–Crippen MR) is 36.7 cm³/mol. The lowest BCUT2D eigenvalue weighted by atomic mass is 10.3. The van der Waals surface area contributed by atoms with Gasteiger partial charge in [0.1, 0.15) is 0 Å². The number of carboxylic acid groups (broad SMARTS) is 1. The zero-order valence-electron chi connectivity index (χ0n) is 5.83. The van der Waals surface area contributed by atoms with Crippen molar-refractivity contribution in [2.24, 2.45) is 0 Å². The number of ketones is 1. The maximum Gasteiger partial charge on any atom is 0.376 e. The van der Waals surface area contributed by atoms with E-state index in [2.05, 4.69) is 0 Å². The molecule has 0 heterocycles. The van der Waals surface area contributed by atoms with Crippen molar-refractivity contribution in [2.75, 3.05) is 0 Å². The Labute approximate surface area is 59.4 Å². The molecule has 0 aromatic heterocycles. The molecule has 0 unspecified atom stereocenters. The van der Waals surface area contributed by atoms with Crippen LogP contribution in [0, 0.1) is 0 Å². The third-order valence-electron chi connectivity index (χ3n) is 0.935. The number of aliphatic carboxylic acids is 1. The summed E-state index contributed by atoms with van der Waals surface area (Å²) >= 11 is 0. The number of rotatable bonds is 4. The smallest absolute Gasteiger partial charge is 0.376 e. The zero-order chi connectivity index (χ0) is 7.98. The van der Waals surface area contributed by atoms with E-state index in [1.807, 2.05) is 6.92 Å². The molecule has 3 nitrogen and oxygen atoms in total. The first kappa shape index (κ1) is 8.88. The summed E-state index contributed by atoms with van der Waals surface area (Å²) in [6, 6.07) is 0. The second kappa shape index (κ2) is 4.73. The molecule has 0 aromatic rings. The van der Waals surface area contributed by atoms with E-state index in [4.69, 9.17) is 5.11 Å². The molecular formula is C7H10O3. The maximum atomic E-state index is 10.3. The summed E-state index contributed by atoms with van der Waals surface area (Å²) in [5.74, 6) is -2.25. The van der Waals surface area contributed by atoms with E-state index in [0.717, 1.165) is 18.9 Å². The Bertz CT molecular complexity index is 158. The van der Waals surface area contributed by atoms with Crippen molar-refractivity contribution in [3.8, 4) is 0 Å². The van der Waals surface area contributed by atoms with Crippen LogP contribution in [0.4, 0.5) is 0 Å². The Morgan fingerprint density at radius 3 is 2.50 bits per heavy atom. The van der Waals surface area contributed by atoms with Crippen LogP contribution in [0.1, 0.15) is 19.8 Å². The Hall–Kier alpha value is -1.12. The van der Waals surface area contributed by atoms with Crippen LogP contribution >= 0.6 is 0 Å². The van der Waals surface area contributed by atoms with Gasteiger partial charge in [-0.1, -0.05) is 19.4 Å². The van der Waals surface area contributed by atoms with E-state index in [0.29, 0.717) is 0 Å². The van der Waals surface area contributed by atoms with Gasteiger partial charge in [-0.05, 0) is 12.5 Å². The molecular weight excluding hydrogens is 132 g/mol. The van der Waals surface area contributed by atoms with Gasteiger partial charge in [0.2, 0.25) is 0 Å². The molecule has 3 heteroatoms. The molecule has 0 saturated heterocycles. The predicted octanol–water partition coefficient (Wildman–Crippen LogP) is 0.996. The first-order valence-corrected chi connectivity index (χ1v) is 3.12. The summed E-state index contributed by atoms with van der Waals surface area (Å²) in [6.45, 7) is 1.95. The SMILES string of the molecule is CCC/C=C/C(=O)C(=O)O. The number of unbranched alkanes of at least 4 members (excludes halogenated alkanes) is 1. The molecule has 0 bridgehead atoms. The van der Waals surface area contributed by atoms with Crippen molar-refractivity contribution in [1.29, 1.82) is 0 Å². The summed E-state index contributed by atoms with van der Waals surface area (Å²) in [6.07, 6.45) is 4.32. The normalized spacial score (nSPS) is 10.1. The number of hydrogen-bond donors (Lipinski definition) is 1. The molecule has 0 aliphatic carbocycles. The van der Waals surface area contributed by atoms with Crippen molar-refractivity contribution in [3.05, 3.63) is 12.2 Å². The molecule has 0 aliphatic rings. The quantitative estimate of drug-likeness (QED) is 0.470. The van der Waals surface area contributed by atoms with Gasteiger partial charge in [0.05, 0.1) is 0 Å². The Morgan fingerprint density at radius 1 is 1.50 bits per heavy atom. The summed E-state index contributed by atoms with van der Waals surface area (Å²) in [4.78, 5) is 20.2. The lowest BCUT2D eigenvalue weighted by molar-refractivity contribution is -0.146. The van der Waals surface area contributed by atoms with E-state index in [1.54, 1.807) is 6.08 Å². The van der Waals surface area contributed by atoms with Gasteiger partial charge in [-0.25, -0.2) is 4.79 Å². The van der Waals surface area contributed by atoms with Crippen LogP contribution in [0.2, 0.25) is 0 Å². The minimum absolute atomic E-state index is 0.749. The van der Waals surface area contributed by atoms with Crippen LogP contribution in [0.25, 0.3) is 0 Å². The highest BCUT2D eigenvalue weighted by Gasteiger charge is 2.04. The van der Waals surface area contributed by atoms with E-state index in [-0.39, 0.29) is 0 Å². The van der Waals surface area contributed by atoms with E-state index in [1.165, 1.54) is 0 Å². The Morgan fingerprint density at radius 2 is 2.10 bits per heavy atom. The van der Waals surface area contributed by atoms with Crippen molar-refractivity contribution in [3.63, 3.8) is 0 Å². The maximum absolute atomic E-state index is 10.3. The van der Waals surface area contributed by atoms with Crippen LogP contribution in [0.5, 0.6) is 0 Å². The second-order valence-corrected chi connectivity index (χ2v) is 1.86. The third kappa shape index (κ3) is 3.83. The number of hydrogen-bond acceptors (Lipinski definition) is 2. The fraction of sp³-hybridized carbons (Fsp3) is 0.429. The first-order chi connectivity index (χ1) is 4.68. The second-order valence-electron chi connectivity index (χ2n) is 1.86. The summed E-state index contributed by atoms with van der Waals surface area (Å²) in [5.41, 5.74) is 0. The van der Waals surface area contributed by atoms with Crippen molar-refractivity contribution in [2.45, 2.75) is 19.8 Å². The number of carbonyl (C=O) groups is 2. The molecule has 0 radical (unpaired) electrons. The highest BCUT2D eigenvalue weighted by atomic mass is 16.4. The molecule has 56 valence electrons. The largest absolute Gasteiger partial charge is 0.475 e. The zero-order valence-corrected chi connectivity index (χ0v) is 5.83. The average Bonchev–Trinajstić information content (AvgIpc) is 1.88. The number of allylic oxidation sites excluding steroid dienone is 1. The van der Waals surface area contributed by atoms with Gasteiger partial charge in [0.15, 0.2) is 0 Å². The highest BCUT2D eigenvalue weighted by molar-refractivity contribution is 6.37. The minimum Gasteiger partial charge on any atom is -0.475 e. The van der Waals surface area contributed by atoms with E-state index in [9.17, 15) is 9.59 Å². The van der Waals surface area contributed by atoms with Crippen LogP contribution < -0.4 is 0 Å². The Balaban J connectivity index is 3.67. The molecule has 0 aliphatic heterocycles. The summed E-state index contributed by atoms with van der Waals surface area (Å²) in [5, 5.41) is 8.08. The minimum atomic E-state index is -1.40. The Kier molecular flexibility index (Phi) is 4.20. The fourth-order valence-corrected chi connectivity index (χ4v) is 0.428. The molecule has 0 fully saturated rings. The third-order valence-corrected chi connectivity index (χ3v) is 0.935. The molecule has 10 heavy (non-hydrogen) atoms. The van der Waals surface area contributed by atoms with Crippen molar-refractivity contribution >= 4 is 11.8 Å². The lowest BCUT2D eigenvalue weighted by Gasteiger charge is -1.83. The average molecular weight is 142 g/mol. The van der Waals surface area contributed by atoms with Crippen molar-refractivity contribution in [1.82, 2.24) is 0 Å². The number of carbonyl (C=O) groups excluding carboxylic acids is 1. The highest BCUT2D eigenvalue weighted by Crippen LogP contribution is 1.88. The van der Waals surface area contributed by atoms with Gasteiger partial charge in [0.25, 0.3) is 5.78 Å². The van der Waals surface area contributed by atoms with E-state index >= 15 is 0 Å². The van der Waals surface area contributed by atoms with Gasteiger partial charge in [0, 0.05) is 0 Å². The van der Waals surface area contributed by atoms with Gasteiger partial charge >= 0.3 is 5.97 Å². The molecule has 0 rings (SSSR count). The monoisotopic (exact) mass is 142 g/mol. The standard InChI is InChI=1S/C7H10O3/c1-2-3-4-5-6(8)7(9)10/h4-5H,2-3H2,1H3,(H,9,10)/b5-4+. The van der Waals surface area contributed by atoms with Gasteiger partial charge < -0.3 is 5.11 Å². The lowest BCUT2D eigenvalue weighted by Crippen LogP contribution is -2.08. The fourth-order valence-electron chi connectivity index (χ4n) is 0.428. The summed E-state index contributed by atoms with van der Waals surface area (Å²) in [7, 11) is 0. The molecule has 0 aromatic carbocycles. The van der Waals surface area contributed by atoms with Crippen LogP contribution in [0.15, 0.2) is 12.2 Å². The molecule has 0 spiro atoms. The van der Waals surface area contributed by atoms with Crippen LogP contribution in [-0.4, -0.2) is 16.9 Å². The van der Waals surface area contributed by atoms with Gasteiger partial charge in [-0.15, -0.1) is 0 Å². The molecule has 0 saturated carbocycles. The van der Waals surface area contributed by atoms with Crippen LogP contribution in [0.3, 0.4) is 0 Å².